The Hall–Kier alpha value is -1.45. The van der Waals surface area contributed by atoms with Crippen LogP contribution >= 0.6 is 11.6 Å². The van der Waals surface area contributed by atoms with Crippen molar-refractivity contribution in [1.29, 1.82) is 0 Å². The highest BCUT2D eigenvalue weighted by molar-refractivity contribution is 6.30. The largest absolute Gasteiger partial charge is 0.383 e. The number of hydrogen-bond donors (Lipinski definition) is 1. The summed E-state index contributed by atoms with van der Waals surface area (Å²) in [6, 6.07) is 5.87. The molecule has 17 heavy (non-hydrogen) atoms. The van der Waals surface area contributed by atoms with Gasteiger partial charge >= 0.3 is 0 Å². The van der Waals surface area contributed by atoms with Crippen molar-refractivity contribution in [1.82, 2.24) is 4.98 Å². The molecule has 4 heteroatoms. The molecule has 1 heterocycles. The minimum Gasteiger partial charge on any atom is -0.383 e. The van der Waals surface area contributed by atoms with Gasteiger partial charge in [-0.15, -0.1) is 0 Å². The van der Waals surface area contributed by atoms with Gasteiger partial charge in [-0.2, -0.15) is 0 Å². The molecule has 0 fully saturated rings. The highest BCUT2D eigenvalue weighted by Gasteiger charge is 2.15. The van der Waals surface area contributed by atoms with E-state index < -0.39 is 11.9 Å². The van der Waals surface area contributed by atoms with Gasteiger partial charge in [0.15, 0.2) is 0 Å². The molecule has 1 aromatic carbocycles. The highest BCUT2D eigenvalue weighted by atomic mass is 35.5. The summed E-state index contributed by atoms with van der Waals surface area (Å²) >= 11 is 5.79. The third-order valence-electron chi connectivity index (χ3n) is 2.46. The monoisotopic (exact) mass is 251 g/mol. The van der Waals surface area contributed by atoms with Crippen LogP contribution in [-0.4, -0.2) is 10.1 Å². The highest BCUT2D eigenvalue weighted by Crippen LogP contribution is 2.26. The molecule has 1 N–H and O–H groups in total. The molecule has 0 saturated heterocycles. The molecule has 1 atom stereocenters. The van der Waals surface area contributed by atoms with Crippen LogP contribution in [-0.2, 0) is 0 Å². The normalized spacial score (nSPS) is 12.5. The fourth-order valence-electron chi connectivity index (χ4n) is 1.63. The van der Waals surface area contributed by atoms with Crippen LogP contribution in [0.1, 0.15) is 22.8 Å². The SMILES string of the molecule is Cc1cncc(C(O)c2cc(Cl)ccc2F)c1. The van der Waals surface area contributed by atoms with Crippen LogP contribution in [0, 0.1) is 12.7 Å². The molecule has 0 aliphatic rings. The van der Waals surface area contributed by atoms with Crippen molar-refractivity contribution < 1.29 is 9.50 Å². The average Bonchev–Trinajstić information content (AvgIpc) is 2.31. The second-order valence-corrected chi connectivity index (χ2v) is 4.30. The Balaban J connectivity index is 2.43. The molecular formula is C13H11ClFNO. The standard InChI is InChI=1S/C13H11ClFNO/c1-8-4-9(7-16-6-8)13(17)11-5-10(14)2-3-12(11)15/h2-7,13,17H,1H3. The number of halogens is 2. The number of aryl methyl sites for hydroxylation is 1. The summed E-state index contributed by atoms with van der Waals surface area (Å²) in [5.74, 6) is -0.483. The smallest absolute Gasteiger partial charge is 0.129 e. The van der Waals surface area contributed by atoms with Crippen molar-refractivity contribution in [3.63, 3.8) is 0 Å². The molecule has 0 bridgehead atoms. The lowest BCUT2D eigenvalue weighted by Crippen LogP contribution is -2.03. The fourth-order valence-corrected chi connectivity index (χ4v) is 1.81. The second kappa shape index (κ2) is 4.82. The zero-order valence-corrected chi connectivity index (χ0v) is 9.95. The molecule has 2 aromatic rings. The summed E-state index contributed by atoms with van der Waals surface area (Å²) in [4.78, 5) is 3.97. The van der Waals surface area contributed by atoms with Gasteiger partial charge in [0, 0.05) is 28.5 Å². The molecule has 0 amide bonds. The number of hydrogen-bond acceptors (Lipinski definition) is 2. The maximum absolute atomic E-state index is 13.6. The van der Waals surface area contributed by atoms with E-state index in [-0.39, 0.29) is 5.56 Å². The van der Waals surface area contributed by atoms with Crippen molar-refractivity contribution >= 4 is 11.6 Å². The lowest BCUT2D eigenvalue weighted by atomic mass is 10.0. The molecule has 2 nitrogen and oxygen atoms in total. The van der Waals surface area contributed by atoms with Gasteiger partial charge < -0.3 is 5.11 Å². The summed E-state index contributed by atoms with van der Waals surface area (Å²) in [6.45, 7) is 1.86. The summed E-state index contributed by atoms with van der Waals surface area (Å²) in [6.07, 6.45) is 2.13. The Bertz CT molecular complexity index is 545. The number of aromatic nitrogens is 1. The Morgan fingerprint density at radius 3 is 2.76 bits per heavy atom. The number of nitrogens with zero attached hydrogens (tertiary/aromatic N) is 1. The van der Waals surface area contributed by atoms with E-state index >= 15 is 0 Å². The van der Waals surface area contributed by atoms with Gasteiger partial charge in [-0.05, 0) is 30.7 Å². The lowest BCUT2D eigenvalue weighted by Gasteiger charge is -2.12. The third-order valence-corrected chi connectivity index (χ3v) is 2.70. The molecular weight excluding hydrogens is 241 g/mol. The summed E-state index contributed by atoms with van der Waals surface area (Å²) in [5, 5.41) is 10.5. The molecule has 2 rings (SSSR count). The Morgan fingerprint density at radius 2 is 2.06 bits per heavy atom. The maximum atomic E-state index is 13.6. The van der Waals surface area contributed by atoms with Crippen LogP contribution in [0.3, 0.4) is 0 Å². The Morgan fingerprint density at radius 1 is 1.29 bits per heavy atom. The van der Waals surface area contributed by atoms with E-state index in [0.717, 1.165) is 5.56 Å². The first-order valence-corrected chi connectivity index (χ1v) is 5.50. The molecule has 0 radical (unpaired) electrons. The van der Waals surface area contributed by atoms with E-state index in [9.17, 15) is 9.50 Å². The Kier molecular flexibility index (Phi) is 3.41. The first-order chi connectivity index (χ1) is 8.08. The Labute approximate surface area is 104 Å². The van der Waals surface area contributed by atoms with E-state index in [1.54, 1.807) is 12.3 Å². The molecule has 1 unspecified atom stereocenters. The summed E-state index contributed by atoms with van der Waals surface area (Å²) in [7, 11) is 0. The number of aliphatic hydroxyl groups excluding tert-OH is 1. The summed E-state index contributed by atoms with van der Waals surface area (Å²) < 4.78 is 13.6. The van der Waals surface area contributed by atoms with Gasteiger partial charge in [0.2, 0.25) is 0 Å². The second-order valence-electron chi connectivity index (χ2n) is 3.86. The van der Waals surface area contributed by atoms with Crippen LogP contribution in [0.2, 0.25) is 5.02 Å². The number of pyridine rings is 1. The van der Waals surface area contributed by atoms with E-state index in [0.29, 0.717) is 10.6 Å². The maximum Gasteiger partial charge on any atom is 0.129 e. The van der Waals surface area contributed by atoms with E-state index in [2.05, 4.69) is 4.98 Å². The van der Waals surface area contributed by atoms with Crippen molar-refractivity contribution in [2.24, 2.45) is 0 Å². The predicted molar refractivity (Wildman–Crippen MR) is 64.4 cm³/mol. The first-order valence-electron chi connectivity index (χ1n) is 5.12. The fraction of sp³-hybridized carbons (Fsp3) is 0.154. The number of rotatable bonds is 2. The first kappa shape index (κ1) is 12.0. The van der Waals surface area contributed by atoms with Crippen LogP contribution in [0.15, 0.2) is 36.7 Å². The third kappa shape index (κ3) is 2.62. The van der Waals surface area contributed by atoms with Crippen LogP contribution in [0.4, 0.5) is 4.39 Å². The zero-order valence-electron chi connectivity index (χ0n) is 9.19. The van der Waals surface area contributed by atoms with Gasteiger partial charge in [0.25, 0.3) is 0 Å². The lowest BCUT2D eigenvalue weighted by molar-refractivity contribution is 0.214. The minimum atomic E-state index is -1.05. The quantitative estimate of drug-likeness (QED) is 0.889. The van der Waals surface area contributed by atoms with Gasteiger partial charge in [-0.25, -0.2) is 4.39 Å². The molecule has 1 aromatic heterocycles. The number of aliphatic hydroxyl groups is 1. The summed E-state index contributed by atoms with van der Waals surface area (Å²) in [5.41, 5.74) is 1.61. The van der Waals surface area contributed by atoms with Crippen molar-refractivity contribution in [3.8, 4) is 0 Å². The predicted octanol–water partition coefficient (Wildman–Crippen LogP) is 3.26. The van der Waals surface area contributed by atoms with E-state index in [1.807, 2.05) is 6.92 Å². The van der Waals surface area contributed by atoms with Crippen LogP contribution < -0.4 is 0 Å². The van der Waals surface area contributed by atoms with Gasteiger partial charge in [-0.3, -0.25) is 4.98 Å². The topological polar surface area (TPSA) is 33.1 Å². The molecule has 88 valence electrons. The van der Waals surface area contributed by atoms with Crippen molar-refractivity contribution in [2.45, 2.75) is 13.0 Å². The minimum absolute atomic E-state index is 0.157. The van der Waals surface area contributed by atoms with Crippen molar-refractivity contribution in [3.05, 3.63) is 64.2 Å². The zero-order chi connectivity index (χ0) is 12.4. The molecule has 0 aliphatic heterocycles. The van der Waals surface area contributed by atoms with Gasteiger partial charge in [0.05, 0.1) is 0 Å². The van der Waals surface area contributed by atoms with Crippen LogP contribution in [0.25, 0.3) is 0 Å². The molecule has 0 saturated carbocycles. The average molecular weight is 252 g/mol. The van der Waals surface area contributed by atoms with E-state index in [1.165, 1.54) is 24.4 Å². The molecule has 0 spiro atoms. The number of benzene rings is 1. The van der Waals surface area contributed by atoms with Gasteiger partial charge in [-0.1, -0.05) is 17.7 Å². The van der Waals surface area contributed by atoms with Gasteiger partial charge in [0.1, 0.15) is 11.9 Å². The molecule has 0 aliphatic carbocycles. The van der Waals surface area contributed by atoms with E-state index in [4.69, 9.17) is 11.6 Å². The van der Waals surface area contributed by atoms with Crippen LogP contribution in [0.5, 0.6) is 0 Å². The van der Waals surface area contributed by atoms with Crippen molar-refractivity contribution in [2.75, 3.05) is 0 Å².